The molecule has 0 aromatic carbocycles. The lowest BCUT2D eigenvalue weighted by Crippen LogP contribution is -2.06. The van der Waals surface area contributed by atoms with Gasteiger partial charge in [0.05, 0.1) is 1.37 Å². The first-order chi connectivity index (χ1) is 6.02. The molecule has 1 heterocycles. The third-order valence-electron chi connectivity index (χ3n) is 1.12. The molecule has 0 amide bonds. The third-order valence-corrected chi connectivity index (χ3v) is 1.12. The van der Waals surface area contributed by atoms with Gasteiger partial charge < -0.3 is 10.2 Å². The zero-order valence-electron chi connectivity index (χ0n) is 6.81. The van der Waals surface area contributed by atoms with Crippen molar-refractivity contribution >= 4 is 11.9 Å². The molecule has 0 spiro atoms. The number of carbonyl (C=O) groups is 2. The summed E-state index contributed by atoms with van der Waals surface area (Å²) in [6.07, 6.45) is 0. The summed E-state index contributed by atoms with van der Waals surface area (Å²) in [4.78, 5) is 24.1. The largest absolute Gasteiger partial charge is 0.477 e. The van der Waals surface area contributed by atoms with Gasteiger partial charge in [0.2, 0.25) is 0 Å². The molecule has 0 saturated heterocycles. The number of rotatable bonds is 2. The molecule has 0 aliphatic rings. The van der Waals surface area contributed by atoms with Crippen LogP contribution in [0.5, 0.6) is 0 Å². The number of aromatic carboxylic acids is 2. The molecule has 1 aromatic heterocycles. The Morgan fingerprint density at radius 2 is 1.92 bits per heavy atom. The summed E-state index contributed by atoms with van der Waals surface area (Å²) >= 11 is 0. The lowest BCUT2D eigenvalue weighted by atomic mass is 10.3. The minimum Gasteiger partial charge on any atom is -0.477 e. The van der Waals surface area contributed by atoms with Gasteiger partial charge in [-0.1, -0.05) is 6.07 Å². The quantitative estimate of drug-likeness (QED) is 0.670. The molecule has 5 heteroatoms. The highest BCUT2D eigenvalue weighted by Gasteiger charge is 2.08. The lowest BCUT2D eigenvalue weighted by molar-refractivity contribution is 0.0685. The van der Waals surface area contributed by atoms with Gasteiger partial charge in [0.1, 0.15) is 11.4 Å². The Morgan fingerprint density at radius 3 is 2.42 bits per heavy atom. The van der Waals surface area contributed by atoms with Crippen LogP contribution in [0.3, 0.4) is 0 Å². The van der Waals surface area contributed by atoms with Gasteiger partial charge in [-0.3, -0.25) is 0 Å². The predicted molar refractivity (Wildman–Crippen MR) is 38.2 cm³/mol. The molecule has 0 saturated carbocycles. The topological polar surface area (TPSA) is 87.5 Å². The molecular formula is C7H5NO4. The normalized spacial score (nSPS) is 10.5. The van der Waals surface area contributed by atoms with Crippen LogP contribution in [0.1, 0.15) is 22.3 Å². The van der Waals surface area contributed by atoms with Crippen molar-refractivity contribution in [3.63, 3.8) is 0 Å². The summed E-state index contributed by atoms with van der Waals surface area (Å²) in [5.41, 5.74) is -0.937. The predicted octanol–water partition coefficient (Wildman–Crippen LogP) is 0.478. The highest BCUT2D eigenvalue weighted by Crippen LogP contribution is 1.98. The molecule has 0 atom stereocenters. The van der Waals surface area contributed by atoms with E-state index in [0.29, 0.717) is 0 Å². The van der Waals surface area contributed by atoms with Crippen LogP contribution in [0.25, 0.3) is 0 Å². The summed E-state index contributed by atoms with van der Waals surface area (Å²) in [5.74, 6) is -2.73. The van der Waals surface area contributed by atoms with Gasteiger partial charge in [-0.2, -0.15) is 0 Å². The van der Waals surface area contributed by atoms with E-state index in [2.05, 4.69) is 4.98 Å². The molecule has 12 heavy (non-hydrogen) atoms. The molecule has 0 aliphatic carbocycles. The van der Waals surface area contributed by atoms with Crippen LogP contribution in [0.4, 0.5) is 0 Å². The number of hydrogen-bond donors (Lipinski definition) is 2. The molecule has 0 bridgehead atoms. The average molecular weight is 168 g/mol. The average Bonchev–Trinajstić information content (AvgIpc) is 2.04. The van der Waals surface area contributed by atoms with E-state index in [-0.39, 0.29) is 11.7 Å². The molecule has 0 radical (unpaired) electrons. The van der Waals surface area contributed by atoms with Crippen LogP contribution in [0.2, 0.25) is 0 Å². The van der Waals surface area contributed by atoms with Crippen molar-refractivity contribution < 1.29 is 21.2 Å². The molecule has 62 valence electrons. The summed E-state index contributed by atoms with van der Waals surface area (Å²) in [6, 6.07) is 1.86. The standard InChI is InChI=1S/C7H5NO4/c9-6(10)4-2-1-3-5(8-4)7(11)12/h1-3H,(H,9,10)(H,11,12)/i2D. The second kappa shape index (κ2) is 3.00. The fourth-order valence-electron chi connectivity index (χ4n) is 0.618. The van der Waals surface area contributed by atoms with Gasteiger partial charge in [0, 0.05) is 0 Å². The Hall–Kier alpha value is -1.91. The Kier molecular flexibility index (Phi) is 1.69. The highest BCUT2D eigenvalue weighted by molar-refractivity contribution is 5.89. The smallest absolute Gasteiger partial charge is 0.354 e. The number of aromatic nitrogens is 1. The van der Waals surface area contributed by atoms with Gasteiger partial charge >= 0.3 is 11.9 Å². The van der Waals surface area contributed by atoms with E-state index < -0.39 is 17.6 Å². The Labute approximate surface area is 68.7 Å². The zero-order valence-corrected chi connectivity index (χ0v) is 5.81. The Bertz CT molecular complexity index is 377. The van der Waals surface area contributed by atoms with E-state index >= 15 is 0 Å². The van der Waals surface area contributed by atoms with E-state index in [1.54, 1.807) is 0 Å². The molecule has 0 aliphatic heterocycles. The summed E-state index contributed by atoms with van der Waals surface area (Å²) in [5, 5.41) is 17.0. The van der Waals surface area contributed by atoms with Crippen LogP contribution in [-0.2, 0) is 0 Å². The van der Waals surface area contributed by atoms with Gasteiger partial charge in [0.25, 0.3) is 0 Å². The van der Waals surface area contributed by atoms with E-state index in [4.69, 9.17) is 11.6 Å². The summed E-state index contributed by atoms with van der Waals surface area (Å²) in [6.45, 7) is 0. The van der Waals surface area contributed by atoms with Crippen LogP contribution >= 0.6 is 0 Å². The second-order valence-corrected chi connectivity index (χ2v) is 1.93. The zero-order chi connectivity index (χ0) is 10.0. The number of hydrogen-bond acceptors (Lipinski definition) is 3. The SMILES string of the molecule is [2H]c1ccc(C(=O)O)nc1C(=O)O. The van der Waals surface area contributed by atoms with Gasteiger partial charge in [-0.15, -0.1) is 0 Å². The molecule has 0 fully saturated rings. The van der Waals surface area contributed by atoms with E-state index in [1.807, 2.05) is 0 Å². The molecule has 1 aromatic rings. The molecule has 2 N–H and O–H groups in total. The van der Waals surface area contributed by atoms with Crippen molar-refractivity contribution in [3.8, 4) is 0 Å². The maximum Gasteiger partial charge on any atom is 0.354 e. The first kappa shape index (κ1) is 6.78. The van der Waals surface area contributed by atoms with E-state index in [0.717, 1.165) is 12.1 Å². The summed E-state index contributed by atoms with van der Waals surface area (Å²) in [7, 11) is 0. The van der Waals surface area contributed by atoms with Crippen molar-refractivity contribution in [2.45, 2.75) is 0 Å². The summed E-state index contributed by atoms with van der Waals surface area (Å²) < 4.78 is 7.10. The maximum atomic E-state index is 10.4. The third kappa shape index (κ3) is 1.57. The Morgan fingerprint density at radius 1 is 1.33 bits per heavy atom. The number of carboxylic acids is 2. The van der Waals surface area contributed by atoms with Crippen molar-refractivity contribution in [2.24, 2.45) is 0 Å². The first-order valence-electron chi connectivity index (χ1n) is 3.46. The van der Waals surface area contributed by atoms with E-state index in [1.165, 1.54) is 0 Å². The van der Waals surface area contributed by atoms with Gasteiger partial charge in [0.15, 0.2) is 0 Å². The fourth-order valence-corrected chi connectivity index (χ4v) is 0.618. The van der Waals surface area contributed by atoms with Crippen LogP contribution in [0, 0.1) is 0 Å². The molecule has 0 unspecified atom stereocenters. The number of pyridine rings is 1. The minimum absolute atomic E-state index is 0.308. The minimum atomic E-state index is -1.41. The molecule has 1 rings (SSSR count). The Balaban J connectivity index is 3.27. The lowest BCUT2D eigenvalue weighted by Gasteiger charge is -1.94. The van der Waals surface area contributed by atoms with Crippen molar-refractivity contribution in [3.05, 3.63) is 29.6 Å². The van der Waals surface area contributed by atoms with E-state index in [9.17, 15) is 9.59 Å². The second-order valence-electron chi connectivity index (χ2n) is 1.93. The van der Waals surface area contributed by atoms with Gasteiger partial charge in [-0.25, -0.2) is 14.6 Å². The molecule has 5 nitrogen and oxygen atoms in total. The molecular weight excluding hydrogens is 162 g/mol. The van der Waals surface area contributed by atoms with Crippen molar-refractivity contribution in [2.75, 3.05) is 0 Å². The van der Waals surface area contributed by atoms with Crippen LogP contribution in [0.15, 0.2) is 18.2 Å². The van der Waals surface area contributed by atoms with Crippen LogP contribution in [-0.4, -0.2) is 27.1 Å². The first-order valence-corrected chi connectivity index (χ1v) is 2.96. The monoisotopic (exact) mass is 168 g/mol. The maximum absolute atomic E-state index is 10.4. The fraction of sp³-hybridized carbons (Fsp3) is 0. The number of nitrogens with zero attached hydrogens (tertiary/aromatic N) is 1. The van der Waals surface area contributed by atoms with Crippen LogP contribution < -0.4 is 0 Å². The van der Waals surface area contributed by atoms with Gasteiger partial charge in [-0.05, 0) is 12.1 Å². The highest BCUT2D eigenvalue weighted by atomic mass is 16.4. The van der Waals surface area contributed by atoms with Crippen molar-refractivity contribution in [1.82, 2.24) is 4.98 Å². The van der Waals surface area contributed by atoms with Crippen molar-refractivity contribution in [1.29, 1.82) is 0 Å². The number of carboxylic acid groups (broad SMARTS) is 2.